The Hall–Kier alpha value is -2.69. The van der Waals surface area contributed by atoms with Gasteiger partial charge in [-0.25, -0.2) is 0 Å². The minimum Gasteiger partial charge on any atom is -0.490 e. The van der Waals surface area contributed by atoms with Gasteiger partial charge in [0.25, 0.3) is 5.91 Å². The number of carbonyl (C=O) groups is 1. The molecule has 1 heterocycles. The molecule has 4 rings (SSSR count). The molecule has 0 spiro atoms. The van der Waals surface area contributed by atoms with Crippen LogP contribution in [-0.2, 0) is 0 Å². The molecule has 2 aromatic rings. The molecule has 2 aromatic carbocycles. The SMILES string of the molecule is O=C(NCC1COc2ccccc2O1)c1ccc(OC2CCCC2)cc1. The molecule has 0 bridgehead atoms. The van der Waals surface area contributed by atoms with Crippen molar-refractivity contribution in [1.29, 1.82) is 0 Å². The van der Waals surface area contributed by atoms with E-state index in [-0.39, 0.29) is 12.0 Å². The predicted octanol–water partition coefficient (Wildman–Crippen LogP) is 3.58. The first kappa shape index (κ1) is 16.8. The number of hydrogen-bond donors (Lipinski definition) is 1. The number of benzene rings is 2. The van der Waals surface area contributed by atoms with Crippen LogP contribution >= 0.6 is 0 Å². The quantitative estimate of drug-likeness (QED) is 0.893. The van der Waals surface area contributed by atoms with Crippen LogP contribution in [0.1, 0.15) is 36.0 Å². The molecular formula is C21H23NO4. The summed E-state index contributed by atoms with van der Waals surface area (Å²) in [4.78, 5) is 12.3. The van der Waals surface area contributed by atoms with Gasteiger partial charge in [0.05, 0.1) is 12.6 Å². The second-order valence-corrected chi connectivity index (χ2v) is 6.76. The Kier molecular flexibility index (Phi) is 4.95. The lowest BCUT2D eigenvalue weighted by Crippen LogP contribution is -2.40. The zero-order valence-corrected chi connectivity index (χ0v) is 14.6. The van der Waals surface area contributed by atoms with Crippen LogP contribution < -0.4 is 19.5 Å². The second-order valence-electron chi connectivity index (χ2n) is 6.76. The van der Waals surface area contributed by atoms with Crippen molar-refractivity contribution in [2.75, 3.05) is 13.2 Å². The van der Waals surface area contributed by atoms with E-state index in [1.54, 1.807) is 12.1 Å². The van der Waals surface area contributed by atoms with Crippen molar-refractivity contribution in [1.82, 2.24) is 5.32 Å². The molecule has 5 nitrogen and oxygen atoms in total. The Bertz CT molecular complexity index is 753. The topological polar surface area (TPSA) is 56.8 Å². The van der Waals surface area contributed by atoms with Crippen LogP contribution in [0.4, 0.5) is 0 Å². The summed E-state index contributed by atoms with van der Waals surface area (Å²) in [5.41, 5.74) is 0.612. The maximum absolute atomic E-state index is 12.3. The van der Waals surface area contributed by atoms with Gasteiger partial charge in [-0.2, -0.15) is 0 Å². The lowest BCUT2D eigenvalue weighted by Gasteiger charge is -2.26. The van der Waals surface area contributed by atoms with E-state index < -0.39 is 0 Å². The zero-order valence-electron chi connectivity index (χ0n) is 14.6. The van der Waals surface area contributed by atoms with Crippen molar-refractivity contribution >= 4 is 5.91 Å². The first-order valence-electron chi connectivity index (χ1n) is 9.21. The Morgan fingerprint density at radius 2 is 1.77 bits per heavy atom. The standard InChI is InChI=1S/C21H23NO4/c23-21(15-9-11-17(12-10-15)25-16-5-1-2-6-16)22-13-18-14-24-19-7-3-4-8-20(19)26-18/h3-4,7-12,16,18H,1-2,5-6,13-14H2,(H,22,23). The van der Waals surface area contributed by atoms with E-state index in [1.165, 1.54) is 12.8 Å². The molecule has 1 aliphatic carbocycles. The highest BCUT2D eigenvalue weighted by Gasteiger charge is 2.21. The molecule has 5 heteroatoms. The van der Waals surface area contributed by atoms with Crippen LogP contribution in [0, 0.1) is 0 Å². The fourth-order valence-corrected chi connectivity index (χ4v) is 3.36. The molecule has 136 valence electrons. The molecule has 1 N–H and O–H groups in total. The fourth-order valence-electron chi connectivity index (χ4n) is 3.36. The summed E-state index contributed by atoms with van der Waals surface area (Å²) < 4.78 is 17.4. The molecule has 0 radical (unpaired) electrons. The Morgan fingerprint density at radius 3 is 2.54 bits per heavy atom. The number of para-hydroxylation sites is 2. The van der Waals surface area contributed by atoms with Crippen LogP contribution in [0.15, 0.2) is 48.5 Å². The Morgan fingerprint density at radius 1 is 1.04 bits per heavy atom. The highest BCUT2D eigenvalue weighted by atomic mass is 16.6. The summed E-state index contributed by atoms with van der Waals surface area (Å²) in [6.07, 6.45) is 4.84. The third-order valence-corrected chi connectivity index (χ3v) is 4.78. The van der Waals surface area contributed by atoms with E-state index >= 15 is 0 Å². The van der Waals surface area contributed by atoms with E-state index in [1.807, 2.05) is 36.4 Å². The Balaban J connectivity index is 1.28. The average molecular weight is 353 g/mol. The van der Waals surface area contributed by atoms with E-state index in [4.69, 9.17) is 14.2 Å². The van der Waals surface area contributed by atoms with Crippen molar-refractivity contribution in [2.24, 2.45) is 0 Å². The number of carbonyl (C=O) groups excluding carboxylic acids is 1. The van der Waals surface area contributed by atoms with Gasteiger partial charge >= 0.3 is 0 Å². The maximum atomic E-state index is 12.3. The normalized spacial score (nSPS) is 19.2. The summed E-state index contributed by atoms with van der Waals surface area (Å²) in [5.74, 6) is 2.16. The lowest BCUT2D eigenvalue weighted by molar-refractivity contribution is 0.0789. The summed E-state index contributed by atoms with van der Waals surface area (Å²) in [6, 6.07) is 14.9. The van der Waals surface area contributed by atoms with E-state index in [9.17, 15) is 4.79 Å². The molecule has 2 aliphatic rings. The van der Waals surface area contributed by atoms with Gasteiger partial charge in [-0.3, -0.25) is 4.79 Å². The number of ether oxygens (including phenoxy) is 3. The fraction of sp³-hybridized carbons (Fsp3) is 0.381. The van der Waals surface area contributed by atoms with Crippen LogP contribution in [-0.4, -0.2) is 31.3 Å². The molecule has 1 unspecified atom stereocenters. The maximum Gasteiger partial charge on any atom is 0.251 e. The van der Waals surface area contributed by atoms with Gasteiger partial charge in [-0.05, 0) is 62.1 Å². The highest BCUT2D eigenvalue weighted by Crippen LogP contribution is 2.30. The van der Waals surface area contributed by atoms with Gasteiger partial charge in [0.2, 0.25) is 0 Å². The molecule has 1 aliphatic heterocycles. The lowest BCUT2D eigenvalue weighted by atomic mass is 10.2. The molecule has 0 aromatic heterocycles. The molecule has 0 saturated heterocycles. The summed E-state index contributed by atoms with van der Waals surface area (Å²) in [6.45, 7) is 0.818. The molecule has 26 heavy (non-hydrogen) atoms. The second kappa shape index (κ2) is 7.68. The van der Waals surface area contributed by atoms with Crippen molar-refractivity contribution in [2.45, 2.75) is 37.9 Å². The number of rotatable bonds is 5. The first-order valence-corrected chi connectivity index (χ1v) is 9.21. The van der Waals surface area contributed by atoms with Crippen LogP contribution in [0.25, 0.3) is 0 Å². The summed E-state index contributed by atoms with van der Waals surface area (Å²) in [7, 11) is 0. The minimum absolute atomic E-state index is 0.125. The Labute approximate surface area is 153 Å². The van der Waals surface area contributed by atoms with Crippen molar-refractivity contribution in [3.63, 3.8) is 0 Å². The van der Waals surface area contributed by atoms with Gasteiger partial charge in [0, 0.05) is 5.56 Å². The zero-order chi connectivity index (χ0) is 17.8. The number of nitrogens with one attached hydrogen (secondary N) is 1. The van der Waals surface area contributed by atoms with Gasteiger partial charge < -0.3 is 19.5 Å². The third-order valence-electron chi connectivity index (χ3n) is 4.78. The average Bonchev–Trinajstić information content (AvgIpc) is 3.19. The van der Waals surface area contributed by atoms with Gasteiger partial charge in [-0.15, -0.1) is 0 Å². The monoisotopic (exact) mass is 353 g/mol. The van der Waals surface area contributed by atoms with Gasteiger partial charge in [0.15, 0.2) is 11.5 Å². The summed E-state index contributed by atoms with van der Waals surface area (Å²) in [5, 5.41) is 2.91. The molecule has 1 amide bonds. The molecule has 1 atom stereocenters. The van der Waals surface area contributed by atoms with E-state index in [2.05, 4.69) is 5.32 Å². The van der Waals surface area contributed by atoms with E-state index in [0.717, 1.165) is 24.3 Å². The number of amides is 1. The smallest absolute Gasteiger partial charge is 0.251 e. The minimum atomic E-state index is -0.196. The van der Waals surface area contributed by atoms with Crippen LogP contribution in [0.3, 0.4) is 0 Å². The van der Waals surface area contributed by atoms with Crippen LogP contribution in [0.2, 0.25) is 0 Å². The largest absolute Gasteiger partial charge is 0.490 e. The molecular weight excluding hydrogens is 330 g/mol. The highest BCUT2D eigenvalue weighted by molar-refractivity contribution is 5.94. The first-order chi connectivity index (χ1) is 12.8. The predicted molar refractivity (Wildman–Crippen MR) is 98.0 cm³/mol. The molecule has 1 fully saturated rings. The van der Waals surface area contributed by atoms with Gasteiger partial charge in [0.1, 0.15) is 18.5 Å². The number of fused-ring (bicyclic) bond motifs is 1. The van der Waals surface area contributed by atoms with Gasteiger partial charge in [-0.1, -0.05) is 12.1 Å². The summed E-state index contributed by atoms with van der Waals surface area (Å²) >= 11 is 0. The van der Waals surface area contributed by atoms with Crippen molar-refractivity contribution in [3.8, 4) is 17.2 Å². The number of hydrogen-bond acceptors (Lipinski definition) is 4. The van der Waals surface area contributed by atoms with Crippen molar-refractivity contribution in [3.05, 3.63) is 54.1 Å². The van der Waals surface area contributed by atoms with Crippen molar-refractivity contribution < 1.29 is 19.0 Å². The van der Waals surface area contributed by atoms with E-state index in [0.29, 0.717) is 30.6 Å². The molecule has 1 saturated carbocycles. The third kappa shape index (κ3) is 3.93. The van der Waals surface area contributed by atoms with Crippen LogP contribution in [0.5, 0.6) is 17.2 Å².